The lowest BCUT2D eigenvalue weighted by molar-refractivity contribution is -0.122. The molecule has 2 aliphatic rings. The van der Waals surface area contributed by atoms with Crippen LogP contribution in [-0.2, 0) is 4.79 Å². The lowest BCUT2D eigenvalue weighted by Gasteiger charge is -2.34. The molecular formula is C21H25N5O2S2. The van der Waals surface area contributed by atoms with E-state index in [0.717, 1.165) is 38.2 Å². The molecule has 0 atom stereocenters. The van der Waals surface area contributed by atoms with E-state index in [1.165, 1.54) is 11.8 Å². The van der Waals surface area contributed by atoms with Crippen molar-refractivity contribution in [1.82, 2.24) is 19.2 Å². The zero-order valence-electron chi connectivity index (χ0n) is 17.4. The highest BCUT2D eigenvalue weighted by molar-refractivity contribution is 8.26. The van der Waals surface area contributed by atoms with Crippen molar-refractivity contribution in [1.29, 1.82) is 0 Å². The fourth-order valence-electron chi connectivity index (χ4n) is 3.73. The summed E-state index contributed by atoms with van der Waals surface area (Å²) in [5.41, 5.74) is 1.86. The summed E-state index contributed by atoms with van der Waals surface area (Å²) in [5, 5.41) is 0. The van der Waals surface area contributed by atoms with Crippen molar-refractivity contribution in [3.05, 3.63) is 44.7 Å². The molecule has 2 aromatic rings. The number of pyridine rings is 1. The number of likely N-dealkylation sites (N-methyl/N-ethyl adjacent to an activating group) is 1. The number of anilines is 1. The third-order valence-corrected chi connectivity index (χ3v) is 6.84. The van der Waals surface area contributed by atoms with Crippen molar-refractivity contribution in [2.75, 3.05) is 44.7 Å². The van der Waals surface area contributed by atoms with E-state index in [9.17, 15) is 9.59 Å². The van der Waals surface area contributed by atoms with Crippen LogP contribution < -0.4 is 10.5 Å². The van der Waals surface area contributed by atoms with Gasteiger partial charge in [0.25, 0.3) is 11.5 Å². The minimum atomic E-state index is -0.168. The van der Waals surface area contributed by atoms with E-state index in [1.54, 1.807) is 21.6 Å². The molecule has 4 rings (SSSR count). The number of piperazine rings is 1. The van der Waals surface area contributed by atoms with Crippen molar-refractivity contribution < 1.29 is 4.79 Å². The Morgan fingerprint density at radius 2 is 1.97 bits per heavy atom. The molecule has 7 nitrogen and oxygen atoms in total. The first-order valence-corrected chi connectivity index (χ1v) is 11.3. The molecule has 4 heterocycles. The molecule has 2 aromatic heterocycles. The Hall–Kier alpha value is -2.23. The van der Waals surface area contributed by atoms with E-state index < -0.39 is 0 Å². The second-order valence-corrected chi connectivity index (χ2v) is 9.34. The van der Waals surface area contributed by atoms with Crippen molar-refractivity contribution in [2.45, 2.75) is 20.3 Å². The molecule has 2 fully saturated rings. The van der Waals surface area contributed by atoms with Gasteiger partial charge in [-0.15, -0.1) is 0 Å². The average molecular weight is 444 g/mol. The molecule has 0 aliphatic carbocycles. The van der Waals surface area contributed by atoms with E-state index >= 15 is 0 Å². The number of fused-ring (bicyclic) bond motifs is 1. The van der Waals surface area contributed by atoms with Crippen molar-refractivity contribution in [2.24, 2.45) is 0 Å². The lowest BCUT2D eigenvalue weighted by Crippen LogP contribution is -2.45. The Bertz CT molecular complexity index is 1100. The van der Waals surface area contributed by atoms with E-state index in [2.05, 4.69) is 16.8 Å². The van der Waals surface area contributed by atoms with Gasteiger partial charge < -0.3 is 9.80 Å². The molecule has 0 unspecified atom stereocenters. The number of thioether (sulfide) groups is 1. The molecule has 0 aromatic carbocycles. The van der Waals surface area contributed by atoms with Gasteiger partial charge in [0.1, 0.15) is 15.8 Å². The van der Waals surface area contributed by atoms with Crippen molar-refractivity contribution in [3.63, 3.8) is 0 Å². The quantitative estimate of drug-likeness (QED) is 0.531. The Labute approximate surface area is 185 Å². The van der Waals surface area contributed by atoms with Gasteiger partial charge in [-0.05, 0) is 38.1 Å². The van der Waals surface area contributed by atoms with Crippen molar-refractivity contribution >= 4 is 51.7 Å². The predicted octanol–water partition coefficient (Wildman–Crippen LogP) is 2.37. The van der Waals surface area contributed by atoms with E-state index in [4.69, 9.17) is 17.2 Å². The number of hydrogen-bond donors (Lipinski definition) is 0. The molecule has 0 radical (unpaired) electrons. The van der Waals surface area contributed by atoms with Crippen molar-refractivity contribution in [3.8, 4) is 0 Å². The highest BCUT2D eigenvalue weighted by atomic mass is 32.2. The SMILES string of the molecule is CCCN1C(=O)/C(=C/c2c(N3CCN(C)CC3)nc3c(C)cccn3c2=O)SC1=S. The normalized spacial score (nSPS) is 19.5. The van der Waals surface area contributed by atoms with Gasteiger partial charge in [0.2, 0.25) is 0 Å². The smallest absolute Gasteiger partial charge is 0.267 e. The fourth-order valence-corrected chi connectivity index (χ4v) is 5.02. The molecule has 2 saturated heterocycles. The summed E-state index contributed by atoms with van der Waals surface area (Å²) >= 11 is 6.64. The summed E-state index contributed by atoms with van der Waals surface area (Å²) in [6, 6.07) is 3.79. The van der Waals surface area contributed by atoms with E-state index in [0.29, 0.717) is 32.8 Å². The number of aryl methyl sites for hydroxylation is 1. The second kappa shape index (κ2) is 8.49. The van der Waals surface area contributed by atoms with Gasteiger partial charge in [-0.2, -0.15) is 0 Å². The molecule has 0 spiro atoms. The van der Waals surface area contributed by atoms with Crippen LogP contribution in [0.3, 0.4) is 0 Å². The minimum absolute atomic E-state index is 0.134. The zero-order chi connectivity index (χ0) is 21.4. The Morgan fingerprint density at radius 3 is 2.67 bits per heavy atom. The number of hydrogen-bond acceptors (Lipinski definition) is 7. The molecular weight excluding hydrogens is 418 g/mol. The third-order valence-electron chi connectivity index (χ3n) is 5.46. The van der Waals surface area contributed by atoms with Crippen LogP contribution >= 0.6 is 24.0 Å². The Kier molecular flexibility index (Phi) is 5.95. The first-order valence-electron chi connectivity index (χ1n) is 10.1. The Morgan fingerprint density at radius 1 is 1.23 bits per heavy atom. The van der Waals surface area contributed by atoms with E-state index in [-0.39, 0.29) is 11.5 Å². The molecule has 9 heteroatoms. The second-order valence-electron chi connectivity index (χ2n) is 7.66. The van der Waals surface area contributed by atoms with Gasteiger partial charge in [-0.3, -0.25) is 18.9 Å². The lowest BCUT2D eigenvalue weighted by atomic mass is 10.2. The van der Waals surface area contributed by atoms with Gasteiger partial charge in [0.05, 0.1) is 10.5 Å². The standard InChI is InChI=1S/C21H25N5O2S2/c1-4-7-26-20(28)16(30-21(26)29)13-15-18(24-11-9-23(3)10-12-24)22-17-14(2)6-5-8-25(17)19(15)27/h5-6,8,13H,4,7,9-12H2,1-3H3/b16-13-. The van der Waals surface area contributed by atoms with Gasteiger partial charge in [-0.25, -0.2) is 4.98 Å². The van der Waals surface area contributed by atoms with E-state index in [1.807, 2.05) is 26.0 Å². The fraction of sp³-hybridized carbons (Fsp3) is 0.429. The van der Waals surface area contributed by atoms with Crippen LogP contribution in [0, 0.1) is 6.92 Å². The molecule has 158 valence electrons. The summed E-state index contributed by atoms with van der Waals surface area (Å²) in [4.78, 5) is 37.7. The summed E-state index contributed by atoms with van der Waals surface area (Å²) in [6.07, 6.45) is 4.24. The van der Waals surface area contributed by atoms with Gasteiger partial charge >= 0.3 is 0 Å². The predicted molar refractivity (Wildman–Crippen MR) is 126 cm³/mol. The number of thiocarbonyl (C=S) groups is 1. The summed E-state index contributed by atoms with van der Waals surface area (Å²) in [5.74, 6) is 0.507. The zero-order valence-corrected chi connectivity index (χ0v) is 19.1. The summed E-state index contributed by atoms with van der Waals surface area (Å²) in [7, 11) is 2.09. The van der Waals surface area contributed by atoms with Crippen LogP contribution in [0.1, 0.15) is 24.5 Å². The number of amides is 1. The highest BCUT2D eigenvalue weighted by Gasteiger charge is 2.32. The Balaban J connectivity index is 1.87. The summed E-state index contributed by atoms with van der Waals surface area (Å²) in [6.45, 7) is 7.90. The van der Waals surface area contributed by atoms with Gasteiger partial charge in [0.15, 0.2) is 0 Å². The maximum atomic E-state index is 13.5. The third kappa shape index (κ3) is 3.77. The maximum Gasteiger partial charge on any atom is 0.267 e. The van der Waals surface area contributed by atoms with Crippen LogP contribution in [0.2, 0.25) is 0 Å². The monoisotopic (exact) mass is 443 g/mol. The van der Waals surface area contributed by atoms with Crippen LogP contribution in [0.4, 0.5) is 5.82 Å². The first kappa shape index (κ1) is 21.0. The first-order chi connectivity index (χ1) is 14.4. The van der Waals surface area contributed by atoms with Gasteiger partial charge in [-0.1, -0.05) is 37.0 Å². The van der Waals surface area contributed by atoms with Crippen LogP contribution in [0.25, 0.3) is 11.7 Å². The van der Waals surface area contributed by atoms with Crippen LogP contribution in [0.15, 0.2) is 28.0 Å². The summed E-state index contributed by atoms with van der Waals surface area (Å²) < 4.78 is 2.10. The molecule has 0 saturated carbocycles. The molecule has 0 N–H and O–H groups in total. The number of rotatable bonds is 4. The number of carbonyl (C=O) groups is 1. The molecule has 2 aliphatic heterocycles. The minimum Gasteiger partial charge on any atom is -0.353 e. The molecule has 30 heavy (non-hydrogen) atoms. The maximum absolute atomic E-state index is 13.5. The largest absolute Gasteiger partial charge is 0.353 e. The number of aromatic nitrogens is 2. The van der Waals surface area contributed by atoms with Crippen LogP contribution in [-0.4, -0.2) is 69.2 Å². The molecule has 0 bridgehead atoms. The molecule has 1 amide bonds. The number of carbonyl (C=O) groups excluding carboxylic acids is 1. The highest BCUT2D eigenvalue weighted by Crippen LogP contribution is 2.33. The average Bonchev–Trinajstić information content (AvgIpc) is 2.99. The topological polar surface area (TPSA) is 61.2 Å². The van der Waals surface area contributed by atoms with Crippen LogP contribution in [0.5, 0.6) is 0 Å². The number of nitrogens with zero attached hydrogens (tertiary/aromatic N) is 5. The van der Waals surface area contributed by atoms with Gasteiger partial charge in [0, 0.05) is 38.9 Å².